The quantitative estimate of drug-likeness (QED) is 0.738. The highest BCUT2D eigenvalue weighted by Gasteiger charge is 2.16. The molecule has 2 aromatic rings. The molecule has 0 saturated carbocycles. The van der Waals surface area contributed by atoms with Gasteiger partial charge in [0.15, 0.2) is 0 Å². The lowest BCUT2D eigenvalue weighted by Gasteiger charge is -2.02. The summed E-state index contributed by atoms with van der Waals surface area (Å²) >= 11 is 6.89. The summed E-state index contributed by atoms with van der Waals surface area (Å²) in [6, 6.07) is 8.02. The minimum Gasteiger partial charge on any atom is -0.288 e. The molecule has 82 valence electrons. The number of rotatable bonds is 2. The lowest BCUT2D eigenvalue weighted by molar-refractivity contribution is 0.103. The molecule has 2 rings (SSSR count). The Morgan fingerprint density at radius 2 is 2.06 bits per heavy atom. The van der Waals surface area contributed by atoms with E-state index in [1.54, 1.807) is 31.2 Å². The standard InChI is InChI=1S/C12H8ClFOS/c1-7-3-2-4-8(11(7)14)12(15)9-5-6-10(13)16-9/h2-6H,1H3. The molecule has 0 aliphatic carbocycles. The van der Waals surface area contributed by atoms with Crippen LogP contribution in [0.4, 0.5) is 4.39 Å². The second-order valence-electron chi connectivity index (χ2n) is 3.37. The van der Waals surface area contributed by atoms with Gasteiger partial charge in [-0.3, -0.25) is 4.79 Å². The third-order valence-electron chi connectivity index (χ3n) is 2.23. The van der Waals surface area contributed by atoms with E-state index < -0.39 is 5.82 Å². The summed E-state index contributed by atoms with van der Waals surface area (Å²) in [7, 11) is 0. The van der Waals surface area contributed by atoms with Gasteiger partial charge in [-0.05, 0) is 30.7 Å². The monoisotopic (exact) mass is 254 g/mol. The van der Waals surface area contributed by atoms with Gasteiger partial charge < -0.3 is 0 Å². The minimum absolute atomic E-state index is 0.0958. The van der Waals surface area contributed by atoms with Gasteiger partial charge in [0.1, 0.15) is 5.82 Å². The van der Waals surface area contributed by atoms with Crippen molar-refractivity contribution in [2.24, 2.45) is 0 Å². The molecule has 0 saturated heterocycles. The first kappa shape index (κ1) is 11.3. The van der Waals surface area contributed by atoms with Crippen LogP contribution in [0.25, 0.3) is 0 Å². The largest absolute Gasteiger partial charge is 0.288 e. The van der Waals surface area contributed by atoms with E-state index in [1.807, 2.05) is 0 Å². The molecule has 0 atom stereocenters. The molecule has 0 N–H and O–H groups in total. The maximum Gasteiger partial charge on any atom is 0.205 e. The van der Waals surface area contributed by atoms with Gasteiger partial charge >= 0.3 is 0 Å². The summed E-state index contributed by atoms with van der Waals surface area (Å²) in [4.78, 5) is 12.4. The highest BCUT2D eigenvalue weighted by Crippen LogP contribution is 2.25. The molecule has 0 bridgehead atoms. The van der Waals surface area contributed by atoms with E-state index in [9.17, 15) is 9.18 Å². The van der Waals surface area contributed by atoms with Gasteiger partial charge in [0.05, 0.1) is 14.8 Å². The van der Waals surface area contributed by atoms with Crippen LogP contribution in [0.5, 0.6) is 0 Å². The van der Waals surface area contributed by atoms with Crippen molar-refractivity contribution in [2.45, 2.75) is 6.92 Å². The minimum atomic E-state index is -0.461. The van der Waals surface area contributed by atoms with Crippen molar-refractivity contribution >= 4 is 28.7 Å². The predicted molar refractivity (Wildman–Crippen MR) is 63.9 cm³/mol. The molecule has 1 aromatic heterocycles. The molecule has 16 heavy (non-hydrogen) atoms. The van der Waals surface area contributed by atoms with Crippen LogP contribution in [0.2, 0.25) is 4.34 Å². The molecular formula is C12H8ClFOS. The van der Waals surface area contributed by atoms with E-state index in [0.717, 1.165) is 11.3 Å². The maximum absolute atomic E-state index is 13.7. The summed E-state index contributed by atoms with van der Waals surface area (Å²) in [5.74, 6) is -0.782. The number of hydrogen-bond acceptors (Lipinski definition) is 2. The zero-order valence-electron chi connectivity index (χ0n) is 8.46. The lowest BCUT2D eigenvalue weighted by atomic mass is 10.1. The molecule has 0 radical (unpaired) electrons. The summed E-state index contributed by atoms with van der Waals surface area (Å²) in [5.41, 5.74) is 0.562. The highest BCUT2D eigenvalue weighted by molar-refractivity contribution is 7.18. The zero-order valence-corrected chi connectivity index (χ0v) is 10.0. The topological polar surface area (TPSA) is 17.1 Å². The van der Waals surface area contributed by atoms with Crippen molar-refractivity contribution < 1.29 is 9.18 Å². The zero-order chi connectivity index (χ0) is 11.7. The Hall–Kier alpha value is -1.19. The number of hydrogen-bond donors (Lipinski definition) is 0. The Bertz CT molecular complexity index is 548. The van der Waals surface area contributed by atoms with Gasteiger partial charge in [-0.15, -0.1) is 11.3 Å². The fourth-order valence-corrected chi connectivity index (χ4v) is 2.39. The predicted octanol–water partition coefficient (Wildman–Crippen LogP) is 4.08. The van der Waals surface area contributed by atoms with E-state index in [2.05, 4.69) is 0 Å². The molecule has 0 fully saturated rings. The van der Waals surface area contributed by atoms with Gasteiger partial charge in [-0.2, -0.15) is 0 Å². The number of benzene rings is 1. The maximum atomic E-state index is 13.7. The third-order valence-corrected chi connectivity index (χ3v) is 3.46. The molecular weight excluding hydrogens is 247 g/mol. The van der Waals surface area contributed by atoms with Crippen LogP contribution in [0.15, 0.2) is 30.3 Å². The van der Waals surface area contributed by atoms with E-state index in [1.165, 1.54) is 6.07 Å². The van der Waals surface area contributed by atoms with E-state index in [4.69, 9.17) is 11.6 Å². The molecule has 0 unspecified atom stereocenters. The van der Waals surface area contributed by atoms with Gasteiger partial charge in [-0.25, -0.2) is 4.39 Å². The number of thiophene rings is 1. The van der Waals surface area contributed by atoms with E-state index >= 15 is 0 Å². The smallest absolute Gasteiger partial charge is 0.205 e. The number of ketones is 1. The molecule has 4 heteroatoms. The molecule has 1 aromatic carbocycles. The van der Waals surface area contributed by atoms with E-state index in [-0.39, 0.29) is 11.3 Å². The first-order valence-corrected chi connectivity index (χ1v) is 5.84. The number of carbonyl (C=O) groups excluding carboxylic acids is 1. The average Bonchev–Trinajstić information content (AvgIpc) is 2.68. The Kier molecular flexibility index (Phi) is 3.08. The number of carbonyl (C=O) groups is 1. The number of halogens is 2. The highest BCUT2D eigenvalue weighted by atomic mass is 35.5. The van der Waals surface area contributed by atoms with Crippen molar-refractivity contribution in [1.29, 1.82) is 0 Å². The Morgan fingerprint density at radius 1 is 1.31 bits per heavy atom. The molecule has 1 nitrogen and oxygen atoms in total. The van der Waals surface area contributed by atoms with Gasteiger partial charge in [0, 0.05) is 0 Å². The van der Waals surface area contributed by atoms with Crippen molar-refractivity contribution in [2.75, 3.05) is 0 Å². The van der Waals surface area contributed by atoms with Crippen molar-refractivity contribution in [3.05, 3.63) is 56.5 Å². The summed E-state index contributed by atoms with van der Waals surface area (Å²) in [6.45, 7) is 1.63. The fraction of sp³-hybridized carbons (Fsp3) is 0.0833. The molecule has 0 aliphatic heterocycles. The molecule has 0 aliphatic rings. The molecule has 1 heterocycles. The normalized spacial score (nSPS) is 10.4. The lowest BCUT2D eigenvalue weighted by Crippen LogP contribution is -2.03. The second-order valence-corrected chi connectivity index (χ2v) is 5.08. The van der Waals surface area contributed by atoms with Crippen molar-refractivity contribution in [3.63, 3.8) is 0 Å². The summed E-state index contributed by atoms with van der Waals surface area (Å²) < 4.78 is 14.2. The Morgan fingerprint density at radius 3 is 2.69 bits per heavy atom. The van der Waals surface area contributed by atoms with Crippen LogP contribution in [0.1, 0.15) is 20.8 Å². The third kappa shape index (κ3) is 2.01. The van der Waals surface area contributed by atoms with Crippen LogP contribution >= 0.6 is 22.9 Å². The fourth-order valence-electron chi connectivity index (χ4n) is 1.39. The Labute approximate surface area is 101 Å². The van der Waals surface area contributed by atoms with Gasteiger partial charge in [0.2, 0.25) is 5.78 Å². The van der Waals surface area contributed by atoms with Gasteiger partial charge in [0.25, 0.3) is 0 Å². The second kappa shape index (κ2) is 4.36. The summed E-state index contributed by atoms with van der Waals surface area (Å²) in [5, 5.41) is 0. The Balaban J connectivity index is 2.45. The van der Waals surface area contributed by atoms with Crippen LogP contribution in [0, 0.1) is 12.7 Å². The first-order valence-electron chi connectivity index (χ1n) is 4.65. The van der Waals surface area contributed by atoms with Crippen molar-refractivity contribution in [3.8, 4) is 0 Å². The molecule has 0 amide bonds. The van der Waals surface area contributed by atoms with Crippen LogP contribution in [0.3, 0.4) is 0 Å². The van der Waals surface area contributed by atoms with E-state index in [0.29, 0.717) is 14.8 Å². The number of aryl methyl sites for hydroxylation is 1. The van der Waals surface area contributed by atoms with Crippen LogP contribution < -0.4 is 0 Å². The van der Waals surface area contributed by atoms with Gasteiger partial charge in [-0.1, -0.05) is 23.7 Å². The summed E-state index contributed by atoms with van der Waals surface area (Å²) in [6.07, 6.45) is 0. The van der Waals surface area contributed by atoms with Crippen LogP contribution in [-0.2, 0) is 0 Å². The average molecular weight is 255 g/mol. The SMILES string of the molecule is Cc1cccc(C(=O)c2ccc(Cl)s2)c1F. The van der Waals surface area contributed by atoms with Crippen molar-refractivity contribution in [1.82, 2.24) is 0 Å². The first-order chi connectivity index (χ1) is 7.59. The van der Waals surface area contributed by atoms with Crippen LogP contribution in [-0.4, -0.2) is 5.78 Å². The molecule has 0 spiro atoms.